The van der Waals surface area contributed by atoms with Crippen LogP contribution in [0.15, 0.2) is 0 Å². The second-order valence-corrected chi connectivity index (χ2v) is 6.71. The van der Waals surface area contributed by atoms with E-state index in [0.717, 1.165) is 50.7 Å². The Morgan fingerprint density at radius 1 is 1.09 bits per heavy atom. The van der Waals surface area contributed by atoms with E-state index in [0.29, 0.717) is 12.3 Å². The second-order valence-electron chi connectivity index (χ2n) is 6.71. The van der Waals surface area contributed by atoms with Gasteiger partial charge in [0.25, 0.3) is 0 Å². The minimum absolute atomic E-state index is 0.273. The zero-order chi connectivity index (χ0) is 16.2. The van der Waals surface area contributed by atoms with Gasteiger partial charge in [-0.1, -0.05) is 6.92 Å². The molecule has 0 unspecified atom stereocenters. The van der Waals surface area contributed by atoms with Crippen LogP contribution in [0.1, 0.15) is 63.5 Å². The summed E-state index contributed by atoms with van der Waals surface area (Å²) in [6.45, 7) is 10.0. The quantitative estimate of drug-likeness (QED) is 0.833. The van der Waals surface area contributed by atoms with Crippen molar-refractivity contribution in [3.63, 3.8) is 0 Å². The first kappa shape index (κ1) is 16.4. The van der Waals surface area contributed by atoms with Gasteiger partial charge in [0.05, 0.1) is 6.54 Å². The fraction of sp³-hybridized carbons (Fsp3) is 0.824. The molecule has 3 heterocycles. The lowest BCUT2D eigenvalue weighted by Crippen LogP contribution is -2.38. The molecular weight excluding hydrogens is 290 g/mol. The van der Waals surface area contributed by atoms with Gasteiger partial charge in [-0.3, -0.25) is 9.69 Å². The van der Waals surface area contributed by atoms with E-state index in [4.69, 9.17) is 0 Å². The summed E-state index contributed by atoms with van der Waals surface area (Å²) < 4.78 is 2.31. The number of piperidine rings is 1. The molecule has 0 atom stereocenters. The van der Waals surface area contributed by atoms with Gasteiger partial charge in [0.2, 0.25) is 5.91 Å². The van der Waals surface area contributed by atoms with E-state index >= 15 is 0 Å². The van der Waals surface area contributed by atoms with Crippen molar-refractivity contribution in [2.45, 2.75) is 65.0 Å². The monoisotopic (exact) mass is 319 g/mol. The van der Waals surface area contributed by atoms with Gasteiger partial charge < -0.3 is 9.47 Å². The van der Waals surface area contributed by atoms with Crippen LogP contribution in [0.5, 0.6) is 0 Å². The van der Waals surface area contributed by atoms with Gasteiger partial charge in [0.15, 0.2) is 0 Å². The van der Waals surface area contributed by atoms with E-state index in [1.165, 1.54) is 25.9 Å². The Morgan fingerprint density at radius 3 is 2.39 bits per heavy atom. The average Bonchev–Trinajstić information content (AvgIpc) is 3.24. The van der Waals surface area contributed by atoms with E-state index in [9.17, 15) is 4.79 Å². The molecule has 6 nitrogen and oxygen atoms in total. The molecule has 128 valence electrons. The minimum atomic E-state index is 0.273. The highest BCUT2D eigenvalue weighted by atomic mass is 16.2. The largest absolute Gasteiger partial charge is 0.343 e. The lowest BCUT2D eigenvalue weighted by Gasteiger charge is -2.31. The molecular formula is C17H29N5O. The third-order valence-electron chi connectivity index (χ3n) is 5.25. The third kappa shape index (κ3) is 3.57. The summed E-state index contributed by atoms with van der Waals surface area (Å²) in [5.74, 6) is 2.95. The van der Waals surface area contributed by atoms with Gasteiger partial charge >= 0.3 is 0 Å². The predicted molar refractivity (Wildman–Crippen MR) is 89.1 cm³/mol. The molecule has 1 amide bonds. The van der Waals surface area contributed by atoms with Crippen molar-refractivity contribution in [3.8, 4) is 0 Å². The summed E-state index contributed by atoms with van der Waals surface area (Å²) in [4.78, 5) is 16.3. The highest BCUT2D eigenvalue weighted by Crippen LogP contribution is 2.28. The van der Waals surface area contributed by atoms with Crippen LogP contribution in [0.3, 0.4) is 0 Å². The maximum absolute atomic E-state index is 11.8. The predicted octanol–water partition coefficient (Wildman–Crippen LogP) is 2.01. The van der Waals surface area contributed by atoms with Gasteiger partial charge in [-0.2, -0.15) is 0 Å². The number of hydrogen-bond donors (Lipinski definition) is 0. The fourth-order valence-corrected chi connectivity index (χ4v) is 3.86. The maximum atomic E-state index is 11.8. The molecule has 1 aromatic rings. The van der Waals surface area contributed by atoms with Crippen molar-refractivity contribution in [1.82, 2.24) is 24.6 Å². The first-order chi connectivity index (χ1) is 11.2. The standard InChI is InChI=1S/C17H29N5O/c1-3-16(23)21-11-7-14(8-12-21)17-19-18-15(22(17)4-2)13-20-9-5-6-10-20/h14H,3-13H2,1-2H3. The molecule has 3 rings (SSSR count). The summed E-state index contributed by atoms with van der Waals surface area (Å²) in [7, 11) is 0. The SMILES string of the molecule is CCC(=O)N1CCC(c2nnc(CN3CCCC3)n2CC)CC1. The number of aromatic nitrogens is 3. The number of rotatable bonds is 5. The number of carbonyl (C=O) groups excluding carboxylic acids is 1. The van der Waals surface area contributed by atoms with Crippen LogP contribution in [0, 0.1) is 0 Å². The fourth-order valence-electron chi connectivity index (χ4n) is 3.86. The number of nitrogens with zero attached hydrogens (tertiary/aromatic N) is 5. The molecule has 1 aromatic heterocycles. The Kier molecular flexibility index (Phi) is 5.30. The lowest BCUT2D eigenvalue weighted by molar-refractivity contribution is -0.131. The van der Waals surface area contributed by atoms with Crippen LogP contribution in [0.25, 0.3) is 0 Å². The summed E-state index contributed by atoms with van der Waals surface area (Å²) in [6.07, 6.45) is 5.23. The number of likely N-dealkylation sites (tertiary alicyclic amines) is 2. The van der Waals surface area contributed by atoms with Gasteiger partial charge in [-0.15, -0.1) is 10.2 Å². The van der Waals surface area contributed by atoms with E-state index in [-0.39, 0.29) is 5.91 Å². The van der Waals surface area contributed by atoms with E-state index < -0.39 is 0 Å². The van der Waals surface area contributed by atoms with Crippen molar-refractivity contribution in [3.05, 3.63) is 11.6 Å². The van der Waals surface area contributed by atoms with Crippen molar-refractivity contribution in [2.75, 3.05) is 26.2 Å². The number of carbonyl (C=O) groups is 1. The normalized spacial score (nSPS) is 20.3. The van der Waals surface area contributed by atoms with Crippen molar-refractivity contribution >= 4 is 5.91 Å². The van der Waals surface area contributed by atoms with Crippen molar-refractivity contribution < 1.29 is 4.79 Å². The Bertz CT molecular complexity index is 527. The van der Waals surface area contributed by atoms with Crippen LogP contribution in [0.2, 0.25) is 0 Å². The molecule has 0 spiro atoms. The molecule has 0 radical (unpaired) electrons. The van der Waals surface area contributed by atoms with E-state index in [1.54, 1.807) is 0 Å². The highest BCUT2D eigenvalue weighted by molar-refractivity contribution is 5.75. The van der Waals surface area contributed by atoms with Crippen LogP contribution in [-0.2, 0) is 17.9 Å². The molecule has 6 heteroatoms. The van der Waals surface area contributed by atoms with Gasteiger partial charge in [0.1, 0.15) is 11.6 Å². The van der Waals surface area contributed by atoms with Crippen molar-refractivity contribution in [1.29, 1.82) is 0 Å². The Balaban J connectivity index is 1.66. The Hall–Kier alpha value is -1.43. The number of hydrogen-bond acceptors (Lipinski definition) is 4. The summed E-state index contributed by atoms with van der Waals surface area (Å²) in [5.41, 5.74) is 0. The molecule has 0 bridgehead atoms. The van der Waals surface area contributed by atoms with Crippen LogP contribution in [0.4, 0.5) is 0 Å². The third-order valence-corrected chi connectivity index (χ3v) is 5.25. The molecule has 23 heavy (non-hydrogen) atoms. The van der Waals surface area contributed by atoms with Gasteiger partial charge in [-0.05, 0) is 45.7 Å². The second kappa shape index (κ2) is 7.43. The smallest absolute Gasteiger partial charge is 0.222 e. The van der Waals surface area contributed by atoms with Crippen LogP contribution >= 0.6 is 0 Å². The molecule has 0 aromatic carbocycles. The highest BCUT2D eigenvalue weighted by Gasteiger charge is 2.27. The first-order valence-corrected chi connectivity index (χ1v) is 9.15. The molecule has 2 saturated heterocycles. The van der Waals surface area contributed by atoms with Crippen LogP contribution in [-0.4, -0.2) is 56.7 Å². The van der Waals surface area contributed by atoms with Gasteiger partial charge in [0, 0.05) is 32.0 Å². The van der Waals surface area contributed by atoms with Gasteiger partial charge in [-0.25, -0.2) is 0 Å². The molecule has 2 aliphatic rings. The molecule has 0 N–H and O–H groups in total. The Morgan fingerprint density at radius 2 is 1.78 bits per heavy atom. The summed E-state index contributed by atoms with van der Waals surface area (Å²) >= 11 is 0. The minimum Gasteiger partial charge on any atom is -0.343 e. The van der Waals surface area contributed by atoms with E-state index in [1.807, 2.05) is 11.8 Å². The maximum Gasteiger partial charge on any atom is 0.222 e. The number of amides is 1. The summed E-state index contributed by atoms with van der Waals surface area (Å²) in [6, 6.07) is 0. The topological polar surface area (TPSA) is 54.3 Å². The van der Waals surface area contributed by atoms with Crippen molar-refractivity contribution in [2.24, 2.45) is 0 Å². The van der Waals surface area contributed by atoms with E-state index in [2.05, 4.69) is 26.6 Å². The average molecular weight is 319 g/mol. The molecule has 0 aliphatic carbocycles. The Labute approximate surface area is 138 Å². The molecule has 2 fully saturated rings. The molecule has 0 saturated carbocycles. The summed E-state index contributed by atoms with van der Waals surface area (Å²) in [5, 5.41) is 9.01. The zero-order valence-electron chi connectivity index (χ0n) is 14.5. The first-order valence-electron chi connectivity index (χ1n) is 9.15. The lowest BCUT2D eigenvalue weighted by atomic mass is 9.95. The molecule has 2 aliphatic heterocycles. The zero-order valence-corrected chi connectivity index (χ0v) is 14.5. The van der Waals surface area contributed by atoms with Crippen LogP contribution < -0.4 is 0 Å².